The van der Waals surface area contributed by atoms with Crippen molar-refractivity contribution in [1.29, 1.82) is 0 Å². The zero-order chi connectivity index (χ0) is 20.4. The van der Waals surface area contributed by atoms with Crippen LogP contribution in [0.15, 0.2) is 65.3 Å². The molecule has 0 spiro atoms. The molecule has 2 aromatic carbocycles. The SMILES string of the molecule is O=C(c1ccco1)N1CCc2ccc(NS(=O)(=O)Cc3ccc(F)cc3)cc2C1. The molecule has 0 unspecified atom stereocenters. The van der Waals surface area contributed by atoms with Crippen LogP contribution in [0.2, 0.25) is 0 Å². The van der Waals surface area contributed by atoms with Crippen LogP contribution in [0.4, 0.5) is 10.1 Å². The van der Waals surface area contributed by atoms with Crippen molar-refractivity contribution >= 4 is 21.6 Å². The van der Waals surface area contributed by atoms with Crippen LogP contribution in [0.5, 0.6) is 0 Å². The summed E-state index contributed by atoms with van der Waals surface area (Å²) >= 11 is 0. The van der Waals surface area contributed by atoms with Gasteiger partial charge in [0.25, 0.3) is 5.91 Å². The number of hydrogen-bond donors (Lipinski definition) is 1. The highest BCUT2D eigenvalue weighted by Gasteiger charge is 2.24. The third-order valence-electron chi connectivity index (χ3n) is 4.78. The maximum Gasteiger partial charge on any atom is 0.289 e. The number of fused-ring (bicyclic) bond motifs is 1. The Hall–Kier alpha value is -3.13. The van der Waals surface area contributed by atoms with Crippen LogP contribution in [0.25, 0.3) is 0 Å². The minimum absolute atomic E-state index is 0.192. The molecule has 8 heteroatoms. The van der Waals surface area contributed by atoms with E-state index in [9.17, 15) is 17.6 Å². The first-order valence-corrected chi connectivity index (χ1v) is 10.7. The Morgan fingerprint density at radius 2 is 1.90 bits per heavy atom. The predicted octanol–water partition coefficient (Wildman–Crippen LogP) is 3.56. The first kappa shape index (κ1) is 19.2. The molecule has 1 aliphatic heterocycles. The van der Waals surface area contributed by atoms with Crippen molar-refractivity contribution in [2.45, 2.75) is 18.7 Å². The van der Waals surface area contributed by atoms with Gasteiger partial charge in [-0.05, 0) is 59.5 Å². The lowest BCUT2D eigenvalue weighted by Crippen LogP contribution is -2.35. The number of nitrogens with zero attached hydrogens (tertiary/aromatic N) is 1. The number of benzene rings is 2. The molecule has 1 amide bonds. The predicted molar refractivity (Wildman–Crippen MR) is 106 cm³/mol. The molecule has 0 radical (unpaired) electrons. The Bertz CT molecular complexity index is 1130. The molecule has 1 aliphatic rings. The summed E-state index contributed by atoms with van der Waals surface area (Å²) < 4.78 is 45.7. The van der Waals surface area contributed by atoms with Crippen LogP contribution in [0.1, 0.15) is 27.2 Å². The van der Waals surface area contributed by atoms with Crippen molar-refractivity contribution in [1.82, 2.24) is 4.90 Å². The maximum absolute atomic E-state index is 13.0. The molecule has 1 aromatic heterocycles. The van der Waals surface area contributed by atoms with Gasteiger partial charge in [-0.1, -0.05) is 18.2 Å². The number of sulfonamides is 1. The summed E-state index contributed by atoms with van der Waals surface area (Å²) in [5.74, 6) is -0.581. The molecule has 2 heterocycles. The summed E-state index contributed by atoms with van der Waals surface area (Å²) in [5.41, 5.74) is 2.89. The second-order valence-electron chi connectivity index (χ2n) is 6.93. The number of hydrogen-bond acceptors (Lipinski definition) is 4. The standard InChI is InChI=1S/C21H19FN2O4S/c22-18-6-3-15(4-7-18)14-29(26,27)23-19-8-5-16-9-10-24(13-17(16)12-19)21(25)20-2-1-11-28-20/h1-8,11-12,23H,9-10,13-14H2. The maximum atomic E-state index is 13.0. The summed E-state index contributed by atoms with van der Waals surface area (Å²) in [6.45, 7) is 0.949. The third kappa shape index (κ3) is 4.48. The van der Waals surface area contributed by atoms with E-state index in [0.717, 1.165) is 11.1 Å². The molecule has 4 rings (SSSR count). The van der Waals surface area contributed by atoms with Crippen LogP contribution in [-0.2, 0) is 28.7 Å². The van der Waals surface area contributed by atoms with Crippen molar-refractivity contribution in [3.05, 3.63) is 89.1 Å². The van der Waals surface area contributed by atoms with Crippen LogP contribution in [-0.4, -0.2) is 25.8 Å². The fourth-order valence-electron chi connectivity index (χ4n) is 3.37. The topological polar surface area (TPSA) is 79.6 Å². The largest absolute Gasteiger partial charge is 0.459 e. The first-order chi connectivity index (χ1) is 13.9. The van der Waals surface area contributed by atoms with E-state index in [0.29, 0.717) is 30.8 Å². The van der Waals surface area contributed by atoms with Gasteiger partial charge < -0.3 is 9.32 Å². The molecule has 6 nitrogen and oxygen atoms in total. The molecular weight excluding hydrogens is 395 g/mol. The van der Waals surface area contributed by atoms with Crippen LogP contribution >= 0.6 is 0 Å². The molecule has 0 aliphatic carbocycles. The Kier molecular flexibility index (Phi) is 5.10. The summed E-state index contributed by atoms with van der Waals surface area (Å²) in [7, 11) is -3.66. The minimum Gasteiger partial charge on any atom is -0.459 e. The van der Waals surface area contributed by atoms with E-state index in [2.05, 4.69) is 4.72 Å². The van der Waals surface area contributed by atoms with Crippen LogP contribution < -0.4 is 4.72 Å². The van der Waals surface area contributed by atoms with Crippen molar-refractivity contribution in [3.63, 3.8) is 0 Å². The lowest BCUT2D eigenvalue weighted by molar-refractivity contribution is 0.0702. The second kappa shape index (κ2) is 7.71. The van der Waals surface area contributed by atoms with Crippen LogP contribution in [0, 0.1) is 5.82 Å². The molecule has 150 valence electrons. The van der Waals surface area contributed by atoms with Gasteiger partial charge in [-0.2, -0.15) is 0 Å². The first-order valence-electron chi connectivity index (χ1n) is 9.09. The zero-order valence-electron chi connectivity index (χ0n) is 15.5. The molecule has 0 fully saturated rings. The van der Waals surface area contributed by atoms with E-state index in [-0.39, 0.29) is 17.4 Å². The van der Waals surface area contributed by atoms with Gasteiger partial charge in [0.1, 0.15) is 5.82 Å². The van der Waals surface area contributed by atoms with E-state index in [1.54, 1.807) is 29.2 Å². The lowest BCUT2D eigenvalue weighted by Gasteiger charge is -2.28. The van der Waals surface area contributed by atoms with E-state index < -0.39 is 15.8 Å². The van der Waals surface area contributed by atoms with Gasteiger partial charge in [0.05, 0.1) is 12.0 Å². The van der Waals surface area contributed by atoms with Crippen molar-refractivity contribution in [3.8, 4) is 0 Å². The Morgan fingerprint density at radius 3 is 2.62 bits per heavy atom. The summed E-state index contributed by atoms with van der Waals surface area (Å²) in [4.78, 5) is 14.2. The smallest absolute Gasteiger partial charge is 0.289 e. The van der Waals surface area contributed by atoms with Gasteiger partial charge in [-0.15, -0.1) is 0 Å². The van der Waals surface area contributed by atoms with Gasteiger partial charge in [-0.25, -0.2) is 12.8 Å². The number of anilines is 1. The van der Waals surface area contributed by atoms with Gasteiger partial charge in [0.15, 0.2) is 5.76 Å². The lowest BCUT2D eigenvalue weighted by atomic mass is 9.99. The molecule has 0 saturated carbocycles. The Labute approximate surface area is 168 Å². The fraction of sp³-hybridized carbons (Fsp3) is 0.190. The molecule has 0 atom stereocenters. The number of amides is 1. The number of carbonyl (C=O) groups excluding carboxylic acids is 1. The number of furan rings is 1. The van der Waals surface area contributed by atoms with E-state index >= 15 is 0 Å². The normalized spacial score (nSPS) is 13.8. The summed E-state index contributed by atoms with van der Waals surface area (Å²) in [6, 6.07) is 14.0. The van der Waals surface area contributed by atoms with Crippen molar-refractivity contribution in [2.24, 2.45) is 0 Å². The van der Waals surface area contributed by atoms with Gasteiger partial charge in [0.2, 0.25) is 10.0 Å². The van der Waals surface area contributed by atoms with Crippen molar-refractivity contribution < 1.29 is 22.0 Å². The zero-order valence-corrected chi connectivity index (χ0v) is 16.3. The highest BCUT2D eigenvalue weighted by atomic mass is 32.2. The van der Waals surface area contributed by atoms with Gasteiger partial charge >= 0.3 is 0 Å². The minimum atomic E-state index is -3.66. The fourth-order valence-corrected chi connectivity index (χ4v) is 4.56. The average Bonchev–Trinajstić information content (AvgIpc) is 3.23. The summed E-state index contributed by atoms with van der Waals surface area (Å²) in [5, 5.41) is 0. The molecule has 0 bridgehead atoms. The Morgan fingerprint density at radius 1 is 1.10 bits per heavy atom. The van der Waals surface area contributed by atoms with E-state index in [1.165, 1.54) is 30.5 Å². The highest BCUT2D eigenvalue weighted by Crippen LogP contribution is 2.25. The highest BCUT2D eigenvalue weighted by molar-refractivity contribution is 7.91. The Balaban J connectivity index is 1.48. The number of halogens is 1. The average molecular weight is 414 g/mol. The molecule has 3 aromatic rings. The number of rotatable bonds is 5. The number of nitrogens with one attached hydrogen (secondary N) is 1. The third-order valence-corrected chi connectivity index (χ3v) is 6.04. The second-order valence-corrected chi connectivity index (χ2v) is 8.65. The van der Waals surface area contributed by atoms with Crippen molar-refractivity contribution in [2.75, 3.05) is 11.3 Å². The van der Waals surface area contributed by atoms with Gasteiger partial charge in [-0.3, -0.25) is 9.52 Å². The number of carbonyl (C=O) groups is 1. The molecule has 0 saturated heterocycles. The monoisotopic (exact) mass is 414 g/mol. The van der Waals surface area contributed by atoms with E-state index in [4.69, 9.17) is 4.42 Å². The molecular formula is C21H19FN2O4S. The quantitative estimate of drug-likeness (QED) is 0.692. The van der Waals surface area contributed by atoms with E-state index in [1.807, 2.05) is 6.07 Å². The molecule has 1 N–H and O–H groups in total. The van der Waals surface area contributed by atoms with Gasteiger partial charge in [0, 0.05) is 18.8 Å². The van der Waals surface area contributed by atoms with Crippen LogP contribution in [0.3, 0.4) is 0 Å². The summed E-state index contributed by atoms with van der Waals surface area (Å²) in [6.07, 6.45) is 2.14. The molecule has 29 heavy (non-hydrogen) atoms.